The van der Waals surface area contributed by atoms with E-state index in [1.807, 2.05) is 0 Å². The molecule has 0 heterocycles. The molecule has 0 N–H and O–H groups in total. The minimum Gasteiger partial charge on any atom is -0.334 e. The fourth-order valence-corrected chi connectivity index (χ4v) is 2.39. The highest BCUT2D eigenvalue weighted by Crippen LogP contribution is 2.27. The summed E-state index contributed by atoms with van der Waals surface area (Å²) >= 11 is 5.74. The largest absolute Gasteiger partial charge is 0.334 e. The van der Waals surface area contributed by atoms with E-state index in [0.717, 1.165) is 19.3 Å². The number of hydrogen-bond donors (Lipinski definition) is 0. The van der Waals surface area contributed by atoms with Gasteiger partial charge in [-0.25, -0.2) is 4.39 Å². The average molecular weight is 270 g/mol. The first-order chi connectivity index (χ1) is 8.65. The van der Waals surface area contributed by atoms with Gasteiger partial charge in [0.2, 0.25) is 0 Å². The van der Waals surface area contributed by atoms with Gasteiger partial charge < -0.3 is 4.90 Å². The number of carbonyl (C=O) groups excluding carboxylic acids is 1. The molecular weight excluding hydrogens is 253 g/mol. The van der Waals surface area contributed by atoms with Gasteiger partial charge in [0.15, 0.2) is 0 Å². The molecule has 4 heteroatoms. The lowest BCUT2D eigenvalue weighted by Gasteiger charge is -2.37. The third kappa shape index (κ3) is 2.51. The van der Waals surface area contributed by atoms with Crippen LogP contribution in [0.2, 0.25) is 0 Å². The SMILES string of the molecule is Cc1cccc(C(=O)N(CCCl)C2CCC2)c1F. The molecule has 1 aromatic carbocycles. The number of aryl methyl sites for hydroxylation is 1. The van der Waals surface area contributed by atoms with Gasteiger partial charge >= 0.3 is 0 Å². The van der Waals surface area contributed by atoms with Crippen LogP contribution in [0.25, 0.3) is 0 Å². The topological polar surface area (TPSA) is 20.3 Å². The molecule has 18 heavy (non-hydrogen) atoms. The summed E-state index contributed by atoms with van der Waals surface area (Å²) in [5.41, 5.74) is 0.660. The Kier molecular flexibility index (Phi) is 4.23. The van der Waals surface area contributed by atoms with Crippen LogP contribution in [-0.2, 0) is 0 Å². The first-order valence-electron chi connectivity index (χ1n) is 6.27. The minimum absolute atomic E-state index is 0.159. The predicted octanol–water partition coefficient (Wildman–Crippen LogP) is 3.37. The highest BCUT2D eigenvalue weighted by Gasteiger charge is 2.30. The maximum absolute atomic E-state index is 14.0. The number of amides is 1. The van der Waals surface area contributed by atoms with Crippen molar-refractivity contribution >= 4 is 17.5 Å². The molecule has 1 amide bonds. The summed E-state index contributed by atoms with van der Waals surface area (Å²) < 4.78 is 14.0. The van der Waals surface area contributed by atoms with Crippen LogP contribution in [0.3, 0.4) is 0 Å². The molecule has 0 spiro atoms. The number of hydrogen-bond acceptors (Lipinski definition) is 1. The van der Waals surface area contributed by atoms with E-state index in [1.165, 1.54) is 0 Å². The van der Waals surface area contributed by atoms with Crippen LogP contribution in [0.1, 0.15) is 35.2 Å². The van der Waals surface area contributed by atoms with Gasteiger partial charge in [-0.2, -0.15) is 0 Å². The zero-order chi connectivity index (χ0) is 13.1. The van der Waals surface area contributed by atoms with Gasteiger partial charge in [0, 0.05) is 18.5 Å². The summed E-state index contributed by atoms with van der Waals surface area (Å²) in [5, 5.41) is 0. The summed E-state index contributed by atoms with van der Waals surface area (Å²) in [6.45, 7) is 2.15. The van der Waals surface area contributed by atoms with Crippen molar-refractivity contribution in [1.29, 1.82) is 0 Å². The molecule has 1 aliphatic rings. The molecule has 1 aromatic rings. The Hall–Kier alpha value is -1.09. The molecule has 0 radical (unpaired) electrons. The second kappa shape index (κ2) is 5.70. The summed E-state index contributed by atoms with van der Waals surface area (Å²) in [6.07, 6.45) is 3.12. The van der Waals surface area contributed by atoms with Crippen LogP contribution in [0.15, 0.2) is 18.2 Å². The van der Waals surface area contributed by atoms with Crippen LogP contribution in [0, 0.1) is 12.7 Å². The third-order valence-corrected chi connectivity index (χ3v) is 3.69. The summed E-state index contributed by atoms with van der Waals surface area (Å²) in [7, 11) is 0. The van der Waals surface area contributed by atoms with Crippen LogP contribution in [0.5, 0.6) is 0 Å². The van der Waals surface area contributed by atoms with Crippen LogP contribution >= 0.6 is 11.6 Å². The molecule has 1 saturated carbocycles. The first kappa shape index (κ1) is 13.3. The molecule has 98 valence electrons. The van der Waals surface area contributed by atoms with Crippen molar-refractivity contribution in [3.63, 3.8) is 0 Å². The van der Waals surface area contributed by atoms with Crippen molar-refractivity contribution in [2.45, 2.75) is 32.2 Å². The molecule has 0 bridgehead atoms. The fourth-order valence-electron chi connectivity index (χ4n) is 2.21. The van der Waals surface area contributed by atoms with Gasteiger partial charge in [-0.05, 0) is 37.8 Å². The number of nitrogens with zero attached hydrogens (tertiary/aromatic N) is 1. The van der Waals surface area contributed by atoms with Crippen LogP contribution in [-0.4, -0.2) is 29.3 Å². The van der Waals surface area contributed by atoms with E-state index in [4.69, 9.17) is 11.6 Å². The van der Waals surface area contributed by atoms with Gasteiger partial charge in [0.1, 0.15) is 5.82 Å². The van der Waals surface area contributed by atoms with Gasteiger partial charge in [0.25, 0.3) is 5.91 Å². The average Bonchev–Trinajstić information content (AvgIpc) is 2.29. The monoisotopic (exact) mass is 269 g/mol. The Morgan fingerprint density at radius 2 is 2.22 bits per heavy atom. The van der Waals surface area contributed by atoms with Crippen LogP contribution < -0.4 is 0 Å². The third-order valence-electron chi connectivity index (χ3n) is 3.52. The Bertz CT molecular complexity index is 445. The van der Waals surface area contributed by atoms with Crippen molar-refractivity contribution in [3.8, 4) is 0 Å². The lowest BCUT2D eigenvalue weighted by Crippen LogP contribution is -2.45. The second-order valence-electron chi connectivity index (χ2n) is 4.71. The maximum atomic E-state index is 14.0. The van der Waals surface area contributed by atoms with E-state index < -0.39 is 5.82 Å². The number of alkyl halides is 1. The standard InChI is InChI=1S/C14H17ClFNO/c1-10-4-2-7-12(13(10)16)14(18)17(9-8-15)11-5-3-6-11/h2,4,7,11H,3,5-6,8-9H2,1H3. The lowest BCUT2D eigenvalue weighted by atomic mass is 9.91. The van der Waals surface area contributed by atoms with Gasteiger partial charge in [-0.1, -0.05) is 12.1 Å². The zero-order valence-electron chi connectivity index (χ0n) is 10.5. The van der Waals surface area contributed by atoms with E-state index >= 15 is 0 Å². The molecular formula is C14H17ClFNO. The highest BCUT2D eigenvalue weighted by atomic mass is 35.5. The quantitative estimate of drug-likeness (QED) is 0.768. The normalized spacial score (nSPS) is 15.3. The zero-order valence-corrected chi connectivity index (χ0v) is 11.2. The Morgan fingerprint density at radius 3 is 2.78 bits per heavy atom. The van der Waals surface area contributed by atoms with E-state index in [0.29, 0.717) is 18.0 Å². The fraction of sp³-hybridized carbons (Fsp3) is 0.500. The number of halogens is 2. The molecule has 1 fully saturated rings. The Labute approximate surface area is 112 Å². The number of rotatable bonds is 4. The van der Waals surface area contributed by atoms with Crippen molar-refractivity contribution < 1.29 is 9.18 Å². The Balaban J connectivity index is 2.24. The summed E-state index contributed by atoms with van der Waals surface area (Å²) in [6, 6.07) is 5.16. The molecule has 0 unspecified atom stereocenters. The van der Waals surface area contributed by atoms with E-state index in [-0.39, 0.29) is 17.5 Å². The van der Waals surface area contributed by atoms with E-state index in [2.05, 4.69) is 0 Å². The summed E-state index contributed by atoms with van der Waals surface area (Å²) in [5.74, 6) is -0.265. The molecule has 0 aromatic heterocycles. The molecule has 2 rings (SSSR count). The molecule has 1 aliphatic carbocycles. The number of carbonyl (C=O) groups is 1. The molecule has 0 aliphatic heterocycles. The van der Waals surface area contributed by atoms with Gasteiger partial charge in [-0.3, -0.25) is 4.79 Å². The lowest BCUT2D eigenvalue weighted by molar-refractivity contribution is 0.0593. The van der Waals surface area contributed by atoms with Crippen molar-refractivity contribution in [3.05, 3.63) is 35.1 Å². The molecule has 0 atom stereocenters. The predicted molar refractivity (Wildman–Crippen MR) is 70.5 cm³/mol. The van der Waals surface area contributed by atoms with Crippen molar-refractivity contribution in [2.75, 3.05) is 12.4 Å². The van der Waals surface area contributed by atoms with Gasteiger partial charge in [-0.15, -0.1) is 11.6 Å². The molecule has 0 saturated heterocycles. The number of benzene rings is 1. The Morgan fingerprint density at radius 1 is 1.50 bits per heavy atom. The smallest absolute Gasteiger partial charge is 0.257 e. The van der Waals surface area contributed by atoms with Crippen LogP contribution in [0.4, 0.5) is 4.39 Å². The van der Waals surface area contributed by atoms with E-state index in [1.54, 1.807) is 30.0 Å². The van der Waals surface area contributed by atoms with Crippen molar-refractivity contribution in [2.24, 2.45) is 0 Å². The van der Waals surface area contributed by atoms with Crippen molar-refractivity contribution in [1.82, 2.24) is 4.90 Å². The second-order valence-corrected chi connectivity index (χ2v) is 5.09. The first-order valence-corrected chi connectivity index (χ1v) is 6.80. The summed E-state index contributed by atoms with van der Waals surface area (Å²) in [4.78, 5) is 14.1. The van der Waals surface area contributed by atoms with Gasteiger partial charge in [0.05, 0.1) is 5.56 Å². The highest BCUT2D eigenvalue weighted by molar-refractivity contribution is 6.18. The van der Waals surface area contributed by atoms with E-state index in [9.17, 15) is 9.18 Å². The molecule has 2 nitrogen and oxygen atoms in total. The maximum Gasteiger partial charge on any atom is 0.257 e. The minimum atomic E-state index is -0.415.